The highest BCUT2D eigenvalue weighted by molar-refractivity contribution is 7.13. The average molecular weight is 425 g/mol. The van der Waals surface area contributed by atoms with Gasteiger partial charge in [-0.25, -0.2) is 5.48 Å². The minimum atomic E-state index is -1.69. The van der Waals surface area contributed by atoms with Crippen molar-refractivity contribution in [2.45, 2.75) is 53.2 Å². The molecule has 0 aromatic carbocycles. The van der Waals surface area contributed by atoms with Gasteiger partial charge in [0.05, 0.1) is 16.8 Å². The number of hydrogen-bond acceptors (Lipinski definition) is 8. The highest BCUT2D eigenvalue weighted by Gasteiger charge is 2.38. The maximum absolute atomic E-state index is 13.0. The van der Waals surface area contributed by atoms with E-state index in [0.717, 1.165) is 4.88 Å². The molecule has 1 unspecified atom stereocenters. The topological polar surface area (TPSA) is 138 Å². The van der Waals surface area contributed by atoms with Crippen molar-refractivity contribution >= 4 is 23.2 Å². The zero-order valence-corrected chi connectivity index (χ0v) is 18.0. The molecule has 2 amide bonds. The normalized spacial score (nSPS) is 15.0. The van der Waals surface area contributed by atoms with Crippen LogP contribution in [0, 0.1) is 17.3 Å². The van der Waals surface area contributed by atoms with E-state index < -0.39 is 35.3 Å². The Bertz CT molecular complexity index is 813. The number of carbonyl (C=O) groups is 2. The third-order valence-electron chi connectivity index (χ3n) is 4.41. The second kappa shape index (κ2) is 9.47. The van der Waals surface area contributed by atoms with E-state index in [0.29, 0.717) is 11.7 Å². The highest BCUT2D eigenvalue weighted by Crippen LogP contribution is 2.33. The van der Waals surface area contributed by atoms with E-state index in [9.17, 15) is 14.7 Å². The SMILES string of the molecule is CC(C)CC(C(=O)N[C@@H](c1noc(-c2cccs2)n1)C(C)(C)C)[C@H](O)C(=O)NO. The highest BCUT2D eigenvalue weighted by atomic mass is 32.1. The van der Waals surface area contributed by atoms with E-state index in [4.69, 9.17) is 9.73 Å². The zero-order valence-electron chi connectivity index (χ0n) is 17.2. The third-order valence-corrected chi connectivity index (χ3v) is 5.26. The summed E-state index contributed by atoms with van der Waals surface area (Å²) in [7, 11) is 0. The molecular weight excluding hydrogens is 396 g/mol. The lowest BCUT2D eigenvalue weighted by Crippen LogP contribution is -2.48. The Kier molecular flexibility index (Phi) is 7.50. The smallest absolute Gasteiger partial charge is 0.272 e. The second-order valence-corrected chi connectivity index (χ2v) is 9.35. The van der Waals surface area contributed by atoms with Crippen LogP contribution in [0.15, 0.2) is 22.0 Å². The maximum atomic E-state index is 13.0. The lowest BCUT2D eigenvalue weighted by molar-refractivity contribution is -0.147. The molecule has 0 aliphatic rings. The van der Waals surface area contributed by atoms with Gasteiger partial charge in [0, 0.05) is 0 Å². The predicted octanol–water partition coefficient (Wildman–Crippen LogP) is 2.53. The van der Waals surface area contributed by atoms with Crippen molar-refractivity contribution in [2.75, 3.05) is 0 Å². The van der Waals surface area contributed by atoms with Crippen molar-refractivity contribution < 1.29 is 24.4 Å². The Morgan fingerprint density at radius 2 is 1.97 bits per heavy atom. The number of hydrogen-bond donors (Lipinski definition) is 4. The quantitative estimate of drug-likeness (QED) is 0.377. The van der Waals surface area contributed by atoms with Crippen LogP contribution < -0.4 is 10.8 Å². The molecule has 0 aliphatic carbocycles. The zero-order chi connectivity index (χ0) is 21.8. The summed E-state index contributed by atoms with van der Waals surface area (Å²) in [6.45, 7) is 9.48. The average Bonchev–Trinajstić information content (AvgIpc) is 3.32. The summed E-state index contributed by atoms with van der Waals surface area (Å²) in [5.74, 6) is -1.91. The molecule has 2 rings (SSSR count). The Labute approximate surface area is 173 Å². The molecule has 160 valence electrons. The van der Waals surface area contributed by atoms with E-state index in [1.165, 1.54) is 16.8 Å². The molecule has 9 nitrogen and oxygen atoms in total. The number of nitrogens with zero attached hydrogens (tertiary/aromatic N) is 2. The summed E-state index contributed by atoms with van der Waals surface area (Å²) >= 11 is 1.46. The lowest BCUT2D eigenvalue weighted by Gasteiger charge is -2.31. The third kappa shape index (κ3) is 5.84. The van der Waals surface area contributed by atoms with Crippen LogP contribution in [0.5, 0.6) is 0 Å². The Hall–Kier alpha value is -2.30. The summed E-state index contributed by atoms with van der Waals surface area (Å²) in [4.78, 5) is 29.9. The Morgan fingerprint density at radius 3 is 2.48 bits per heavy atom. The first-order valence-corrected chi connectivity index (χ1v) is 10.2. The van der Waals surface area contributed by atoms with Gasteiger partial charge in [0.25, 0.3) is 11.8 Å². The Balaban J connectivity index is 2.28. The van der Waals surface area contributed by atoms with Crippen LogP contribution in [-0.4, -0.2) is 38.4 Å². The minimum absolute atomic E-state index is 0.0376. The molecule has 0 saturated carbocycles. The van der Waals surface area contributed by atoms with Gasteiger partial charge in [-0.1, -0.05) is 45.8 Å². The first kappa shape index (κ1) is 23.0. The molecule has 29 heavy (non-hydrogen) atoms. The number of carbonyl (C=O) groups excluding carboxylic acids is 2. The predicted molar refractivity (Wildman–Crippen MR) is 107 cm³/mol. The van der Waals surface area contributed by atoms with Crippen LogP contribution in [0.2, 0.25) is 0 Å². The van der Waals surface area contributed by atoms with Crippen molar-refractivity contribution in [3.05, 3.63) is 23.3 Å². The van der Waals surface area contributed by atoms with E-state index in [-0.39, 0.29) is 12.3 Å². The molecule has 2 aromatic heterocycles. The molecule has 0 radical (unpaired) electrons. The molecule has 0 bridgehead atoms. The van der Waals surface area contributed by atoms with Crippen molar-refractivity contribution in [3.63, 3.8) is 0 Å². The molecular formula is C19H28N4O5S. The monoisotopic (exact) mass is 424 g/mol. The van der Waals surface area contributed by atoms with Crippen molar-refractivity contribution in [1.29, 1.82) is 0 Å². The van der Waals surface area contributed by atoms with Crippen molar-refractivity contribution in [2.24, 2.45) is 17.3 Å². The molecule has 10 heteroatoms. The number of rotatable bonds is 8. The summed E-state index contributed by atoms with van der Waals surface area (Å²) in [6.07, 6.45) is -1.43. The van der Waals surface area contributed by atoms with Crippen molar-refractivity contribution in [3.8, 4) is 10.8 Å². The van der Waals surface area contributed by atoms with Gasteiger partial charge in [-0.3, -0.25) is 14.8 Å². The fourth-order valence-electron chi connectivity index (χ4n) is 2.91. The van der Waals surface area contributed by atoms with Gasteiger partial charge in [-0.2, -0.15) is 4.98 Å². The molecule has 0 saturated heterocycles. The van der Waals surface area contributed by atoms with Gasteiger partial charge in [0.15, 0.2) is 5.82 Å². The van der Waals surface area contributed by atoms with Gasteiger partial charge in [0.2, 0.25) is 5.91 Å². The standard InChI is InChI=1S/C19H28N4O5S/c1-10(2)9-11(13(24)17(26)22-27)16(25)20-14(19(3,4)5)15-21-18(28-23-15)12-7-6-8-29-12/h6-8,10-11,13-14,24,27H,9H2,1-5H3,(H,20,25)(H,22,26)/t11?,13-,14-/m0/s1. The van der Waals surface area contributed by atoms with E-state index in [2.05, 4.69) is 15.5 Å². The fourth-order valence-corrected chi connectivity index (χ4v) is 3.55. The number of nitrogens with one attached hydrogen (secondary N) is 2. The molecule has 0 fully saturated rings. The first-order valence-electron chi connectivity index (χ1n) is 9.34. The Morgan fingerprint density at radius 1 is 1.28 bits per heavy atom. The van der Waals surface area contributed by atoms with Crippen LogP contribution in [-0.2, 0) is 9.59 Å². The lowest BCUT2D eigenvalue weighted by atomic mass is 9.84. The van der Waals surface area contributed by atoms with E-state index in [1.807, 2.05) is 52.1 Å². The largest absolute Gasteiger partial charge is 0.382 e. The maximum Gasteiger partial charge on any atom is 0.272 e. The number of hydroxylamine groups is 1. The molecule has 3 atom stereocenters. The number of aliphatic hydroxyl groups is 1. The molecule has 0 aliphatic heterocycles. The van der Waals surface area contributed by atoms with Crippen LogP contribution in [0.3, 0.4) is 0 Å². The van der Waals surface area contributed by atoms with Crippen LogP contribution in [0.4, 0.5) is 0 Å². The van der Waals surface area contributed by atoms with Gasteiger partial charge in [-0.15, -0.1) is 11.3 Å². The van der Waals surface area contributed by atoms with E-state index in [1.54, 1.807) is 0 Å². The van der Waals surface area contributed by atoms with Gasteiger partial charge < -0.3 is 14.9 Å². The second-order valence-electron chi connectivity index (χ2n) is 8.40. The van der Waals surface area contributed by atoms with Crippen LogP contribution in [0.1, 0.15) is 52.9 Å². The van der Waals surface area contributed by atoms with Crippen LogP contribution >= 0.6 is 11.3 Å². The van der Waals surface area contributed by atoms with Crippen molar-refractivity contribution in [1.82, 2.24) is 20.9 Å². The molecule has 2 aromatic rings. The van der Waals surface area contributed by atoms with Crippen LogP contribution in [0.25, 0.3) is 10.8 Å². The fraction of sp³-hybridized carbons (Fsp3) is 0.579. The van der Waals surface area contributed by atoms with E-state index >= 15 is 0 Å². The number of thiophene rings is 1. The number of amides is 2. The van der Waals surface area contributed by atoms with Gasteiger partial charge in [-0.05, 0) is 29.2 Å². The first-order chi connectivity index (χ1) is 13.5. The summed E-state index contributed by atoms with van der Waals surface area (Å²) in [6, 6.07) is 3.11. The summed E-state index contributed by atoms with van der Waals surface area (Å²) < 4.78 is 5.35. The molecule has 2 heterocycles. The van der Waals surface area contributed by atoms with Gasteiger partial charge in [0.1, 0.15) is 6.10 Å². The van der Waals surface area contributed by atoms with Gasteiger partial charge >= 0.3 is 0 Å². The number of aromatic nitrogens is 2. The molecule has 0 spiro atoms. The summed E-state index contributed by atoms with van der Waals surface area (Å²) in [5.41, 5.74) is 0.927. The summed E-state index contributed by atoms with van der Waals surface area (Å²) in [5, 5.41) is 27.8. The molecule has 4 N–H and O–H groups in total. The number of aliphatic hydroxyl groups excluding tert-OH is 1. The minimum Gasteiger partial charge on any atom is -0.382 e.